The van der Waals surface area contributed by atoms with Crippen LogP contribution in [0.4, 0.5) is 4.39 Å². The Bertz CT molecular complexity index is 369. The summed E-state index contributed by atoms with van der Waals surface area (Å²) in [6.07, 6.45) is 3.26. The van der Waals surface area contributed by atoms with Gasteiger partial charge in [-0.05, 0) is 43.0 Å². The quantitative estimate of drug-likeness (QED) is 0.661. The Balaban J connectivity index is 2.17. The second kappa shape index (κ2) is 2.80. The molecule has 1 N–H and O–H groups in total. The fourth-order valence-electron chi connectivity index (χ4n) is 2.59. The lowest BCUT2D eigenvalue weighted by molar-refractivity contribution is 0.550. The van der Waals surface area contributed by atoms with E-state index in [9.17, 15) is 4.39 Å². The van der Waals surface area contributed by atoms with Gasteiger partial charge >= 0.3 is 0 Å². The average molecular weight is 191 g/mol. The molecule has 1 aromatic carbocycles. The third-order valence-corrected chi connectivity index (χ3v) is 3.52. The van der Waals surface area contributed by atoms with E-state index in [-0.39, 0.29) is 11.2 Å². The Morgan fingerprint density at radius 3 is 2.93 bits per heavy atom. The molecule has 1 nitrogen and oxygen atoms in total. The van der Waals surface area contributed by atoms with E-state index in [4.69, 9.17) is 0 Å². The molecule has 1 heterocycles. The Morgan fingerprint density at radius 1 is 1.29 bits per heavy atom. The molecule has 14 heavy (non-hydrogen) atoms. The number of benzene rings is 1. The van der Waals surface area contributed by atoms with Crippen molar-refractivity contribution in [2.24, 2.45) is 0 Å². The van der Waals surface area contributed by atoms with Gasteiger partial charge in [-0.3, -0.25) is 0 Å². The molecule has 0 saturated heterocycles. The van der Waals surface area contributed by atoms with Gasteiger partial charge < -0.3 is 5.32 Å². The minimum atomic E-state index is 0.00343. The average Bonchev–Trinajstić information content (AvgIpc) is 2.96. The normalized spacial score (nSPS) is 22.9. The second-order valence-electron chi connectivity index (χ2n) is 4.48. The fourth-order valence-corrected chi connectivity index (χ4v) is 2.59. The minimum absolute atomic E-state index is 0.00343. The van der Waals surface area contributed by atoms with Gasteiger partial charge in [0.05, 0.1) is 0 Å². The van der Waals surface area contributed by atoms with Crippen molar-refractivity contribution in [2.45, 2.75) is 24.7 Å². The summed E-state index contributed by atoms with van der Waals surface area (Å²) in [5, 5.41) is 3.41. The first kappa shape index (κ1) is 8.42. The summed E-state index contributed by atoms with van der Waals surface area (Å²) in [6.45, 7) is 1.94. The zero-order chi connectivity index (χ0) is 9.60. The third kappa shape index (κ3) is 1.10. The van der Waals surface area contributed by atoms with Gasteiger partial charge in [0.25, 0.3) is 0 Å². The van der Waals surface area contributed by atoms with E-state index in [0.717, 1.165) is 37.9 Å². The van der Waals surface area contributed by atoms with Crippen LogP contribution in [0.3, 0.4) is 0 Å². The summed E-state index contributed by atoms with van der Waals surface area (Å²) in [4.78, 5) is 0. The van der Waals surface area contributed by atoms with Crippen LogP contribution < -0.4 is 5.32 Å². The first-order valence-electron chi connectivity index (χ1n) is 5.30. The topological polar surface area (TPSA) is 12.0 Å². The largest absolute Gasteiger partial charge is 0.316 e. The molecule has 0 aromatic heterocycles. The summed E-state index contributed by atoms with van der Waals surface area (Å²) < 4.78 is 13.8. The van der Waals surface area contributed by atoms with Gasteiger partial charge in [0, 0.05) is 12.0 Å². The number of hydrogen-bond acceptors (Lipinski definition) is 1. The van der Waals surface area contributed by atoms with Gasteiger partial charge in [0.2, 0.25) is 0 Å². The van der Waals surface area contributed by atoms with Gasteiger partial charge in [0.1, 0.15) is 5.82 Å². The Kier molecular flexibility index (Phi) is 1.68. The van der Waals surface area contributed by atoms with Crippen molar-refractivity contribution >= 4 is 0 Å². The molecule has 2 heteroatoms. The van der Waals surface area contributed by atoms with Crippen LogP contribution in [0, 0.1) is 5.82 Å². The van der Waals surface area contributed by atoms with Crippen molar-refractivity contribution in [1.29, 1.82) is 0 Å². The number of fused-ring (bicyclic) bond motifs is 2. The predicted molar refractivity (Wildman–Crippen MR) is 53.9 cm³/mol. The van der Waals surface area contributed by atoms with E-state index in [1.807, 2.05) is 6.07 Å². The predicted octanol–water partition coefficient (Wildman–Crippen LogP) is 2.00. The Labute approximate surface area is 83.3 Å². The van der Waals surface area contributed by atoms with Gasteiger partial charge in [-0.1, -0.05) is 12.1 Å². The minimum Gasteiger partial charge on any atom is -0.316 e. The van der Waals surface area contributed by atoms with Crippen LogP contribution in [-0.2, 0) is 11.8 Å². The molecule has 1 saturated carbocycles. The SMILES string of the molecule is Fc1cccc2c1C1(CC1)CNCC2. The number of nitrogens with one attached hydrogen (secondary N) is 1. The van der Waals surface area contributed by atoms with Gasteiger partial charge in [-0.15, -0.1) is 0 Å². The van der Waals surface area contributed by atoms with Crippen molar-refractivity contribution in [3.05, 3.63) is 35.1 Å². The molecular formula is C12H14FN. The molecule has 0 radical (unpaired) electrons. The van der Waals surface area contributed by atoms with Crippen LogP contribution in [0.2, 0.25) is 0 Å². The van der Waals surface area contributed by atoms with Crippen molar-refractivity contribution < 1.29 is 4.39 Å². The van der Waals surface area contributed by atoms with E-state index in [0.29, 0.717) is 0 Å². The summed E-state index contributed by atoms with van der Waals surface area (Å²) >= 11 is 0. The molecule has 2 aliphatic rings. The zero-order valence-corrected chi connectivity index (χ0v) is 8.15. The van der Waals surface area contributed by atoms with Gasteiger partial charge in [0.15, 0.2) is 0 Å². The van der Waals surface area contributed by atoms with Crippen LogP contribution in [0.25, 0.3) is 0 Å². The van der Waals surface area contributed by atoms with Crippen LogP contribution >= 0.6 is 0 Å². The lowest BCUT2D eigenvalue weighted by Crippen LogP contribution is -2.25. The molecule has 3 rings (SSSR count). The monoisotopic (exact) mass is 191 g/mol. The first-order chi connectivity index (χ1) is 6.82. The van der Waals surface area contributed by atoms with Crippen molar-refractivity contribution in [3.63, 3.8) is 0 Å². The van der Waals surface area contributed by atoms with Crippen molar-refractivity contribution in [2.75, 3.05) is 13.1 Å². The van der Waals surface area contributed by atoms with Crippen molar-refractivity contribution in [3.8, 4) is 0 Å². The van der Waals surface area contributed by atoms with Gasteiger partial charge in [-0.25, -0.2) is 4.39 Å². The molecule has 1 fully saturated rings. The lowest BCUT2D eigenvalue weighted by atomic mass is 9.91. The van der Waals surface area contributed by atoms with Crippen LogP contribution in [0.5, 0.6) is 0 Å². The Hall–Kier alpha value is -0.890. The summed E-state index contributed by atoms with van der Waals surface area (Å²) in [5.41, 5.74) is 2.37. The molecule has 0 atom stereocenters. The number of rotatable bonds is 0. The highest BCUT2D eigenvalue weighted by Gasteiger charge is 2.47. The van der Waals surface area contributed by atoms with Crippen LogP contribution in [-0.4, -0.2) is 13.1 Å². The lowest BCUT2D eigenvalue weighted by Gasteiger charge is -2.16. The summed E-state index contributed by atoms with van der Waals surface area (Å²) in [5.74, 6) is 0.00343. The summed E-state index contributed by atoms with van der Waals surface area (Å²) in [7, 11) is 0. The molecular weight excluding hydrogens is 177 g/mol. The molecule has 0 bridgehead atoms. The highest BCUT2D eigenvalue weighted by Crippen LogP contribution is 2.50. The number of halogens is 1. The van der Waals surface area contributed by atoms with E-state index < -0.39 is 0 Å². The molecule has 0 amide bonds. The maximum Gasteiger partial charge on any atom is 0.127 e. The molecule has 0 unspecified atom stereocenters. The standard InChI is InChI=1S/C12H14FN/c13-10-3-1-2-9-4-7-14-8-12(5-6-12)11(9)10/h1-3,14H,4-8H2. The smallest absolute Gasteiger partial charge is 0.127 e. The van der Waals surface area contributed by atoms with E-state index in [1.54, 1.807) is 6.07 Å². The zero-order valence-electron chi connectivity index (χ0n) is 8.15. The summed E-state index contributed by atoms with van der Waals surface area (Å²) in [6, 6.07) is 5.51. The molecule has 1 aliphatic heterocycles. The maximum atomic E-state index is 13.8. The Morgan fingerprint density at radius 2 is 2.14 bits per heavy atom. The molecule has 1 spiro atoms. The molecule has 1 aromatic rings. The first-order valence-corrected chi connectivity index (χ1v) is 5.30. The molecule has 74 valence electrons. The van der Waals surface area contributed by atoms with E-state index in [1.165, 1.54) is 5.56 Å². The highest BCUT2D eigenvalue weighted by atomic mass is 19.1. The van der Waals surface area contributed by atoms with Crippen molar-refractivity contribution in [1.82, 2.24) is 5.32 Å². The second-order valence-corrected chi connectivity index (χ2v) is 4.48. The number of hydrogen-bond donors (Lipinski definition) is 1. The fraction of sp³-hybridized carbons (Fsp3) is 0.500. The highest BCUT2D eigenvalue weighted by molar-refractivity contribution is 5.41. The molecule has 1 aliphatic carbocycles. The third-order valence-electron chi connectivity index (χ3n) is 3.52. The van der Waals surface area contributed by atoms with E-state index in [2.05, 4.69) is 11.4 Å². The van der Waals surface area contributed by atoms with Gasteiger partial charge in [-0.2, -0.15) is 0 Å². The van der Waals surface area contributed by atoms with E-state index >= 15 is 0 Å². The van der Waals surface area contributed by atoms with Crippen LogP contribution in [0.15, 0.2) is 18.2 Å². The maximum absolute atomic E-state index is 13.8. The van der Waals surface area contributed by atoms with Crippen LogP contribution in [0.1, 0.15) is 24.0 Å².